The van der Waals surface area contributed by atoms with Crippen molar-refractivity contribution >= 4 is 34.5 Å². The molecular weight excluding hydrogens is 318 g/mol. The number of benzene rings is 1. The van der Waals surface area contributed by atoms with Crippen LogP contribution in [0.5, 0.6) is 0 Å². The predicted molar refractivity (Wildman–Crippen MR) is 89.5 cm³/mol. The topological polar surface area (TPSA) is 54.9 Å². The summed E-state index contributed by atoms with van der Waals surface area (Å²) in [5, 5.41) is 5.71. The molecule has 0 unspecified atom stereocenters. The number of hydrogen-bond donors (Lipinski definition) is 1. The third-order valence-electron chi connectivity index (χ3n) is 3.10. The van der Waals surface area contributed by atoms with Gasteiger partial charge in [0.1, 0.15) is 15.9 Å². The Balaban J connectivity index is 1.80. The summed E-state index contributed by atoms with van der Waals surface area (Å²) in [7, 11) is 0. The van der Waals surface area contributed by atoms with Crippen LogP contribution in [0.1, 0.15) is 16.1 Å². The molecule has 3 rings (SSSR count). The van der Waals surface area contributed by atoms with Gasteiger partial charge in [0, 0.05) is 10.9 Å². The number of anilines is 1. The summed E-state index contributed by atoms with van der Waals surface area (Å²) in [4.78, 5) is 20.5. The van der Waals surface area contributed by atoms with E-state index in [-0.39, 0.29) is 5.91 Å². The molecule has 0 bridgehead atoms. The zero-order valence-corrected chi connectivity index (χ0v) is 13.3. The first-order chi connectivity index (χ1) is 10.6. The number of rotatable bonds is 3. The molecule has 4 nitrogen and oxygen atoms in total. The number of aryl methyl sites for hydroxylation is 1. The molecule has 2 heterocycles. The first kappa shape index (κ1) is 14.7. The molecule has 0 aliphatic heterocycles. The Morgan fingerprint density at radius 1 is 1.23 bits per heavy atom. The summed E-state index contributed by atoms with van der Waals surface area (Å²) < 4.78 is 0. The highest BCUT2D eigenvalue weighted by atomic mass is 35.5. The lowest BCUT2D eigenvalue weighted by Crippen LogP contribution is -2.12. The van der Waals surface area contributed by atoms with E-state index >= 15 is 0 Å². The second kappa shape index (κ2) is 6.25. The highest BCUT2D eigenvalue weighted by molar-refractivity contribution is 7.13. The van der Waals surface area contributed by atoms with Crippen LogP contribution in [0.25, 0.3) is 10.6 Å². The van der Waals surface area contributed by atoms with E-state index < -0.39 is 0 Å². The van der Waals surface area contributed by atoms with Crippen molar-refractivity contribution in [1.29, 1.82) is 0 Å². The van der Waals surface area contributed by atoms with E-state index in [0.717, 1.165) is 16.1 Å². The number of thiazole rings is 1. The van der Waals surface area contributed by atoms with Crippen LogP contribution in [0.2, 0.25) is 5.15 Å². The van der Waals surface area contributed by atoms with Crippen LogP contribution in [-0.2, 0) is 0 Å². The van der Waals surface area contributed by atoms with Crippen molar-refractivity contribution < 1.29 is 4.79 Å². The monoisotopic (exact) mass is 329 g/mol. The Morgan fingerprint density at radius 3 is 2.77 bits per heavy atom. The van der Waals surface area contributed by atoms with E-state index in [1.807, 2.05) is 31.2 Å². The molecule has 22 heavy (non-hydrogen) atoms. The normalized spacial score (nSPS) is 10.5. The van der Waals surface area contributed by atoms with Gasteiger partial charge < -0.3 is 5.32 Å². The summed E-state index contributed by atoms with van der Waals surface area (Å²) in [6.45, 7) is 2.02. The van der Waals surface area contributed by atoms with E-state index in [9.17, 15) is 4.79 Å². The molecule has 0 saturated carbocycles. The molecule has 0 spiro atoms. The van der Waals surface area contributed by atoms with E-state index in [1.54, 1.807) is 17.5 Å². The Hall–Kier alpha value is -2.24. The third kappa shape index (κ3) is 3.16. The average Bonchev–Trinajstić information content (AvgIpc) is 3.00. The van der Waals surface area contributed by atoms with Gasteiger partial charge in [-0.25, -0.2) is 9.97 Å². The van der Waals surface area contributed by atoms with Gasteiger partial charge in [0.25, 0.3) is 5.91 Å². The molecule has 110 valence electrons. The van der Waals surface area contributed by atoms with Crippen LogP contribution in [-0.4, -0.2) is 15.9 Å². The fourth-order valence-corrected chi connectivity index (χ4v) is 2.96. The molecule has 0 saturated heterocycles. The summed E-state index contributed by atoms with van der Waals surface area (Å²) in [6, 6.07) is 11.3. The highest BCUT2D eigenvalue weighted by Gasteiger charge is 2.13. The molecule has 0 radical (unpaired) electrons. The minimum Gasteiger partial charge on any atom is -0.319 e. The zero-order valence-electron chi connectivity index (χ0n) is 11.7. The maximum Gasteiger partial charge on any atom is 0.275 e. The smallest absolute Gasteiger partial charge is 0.275 e. The minimum atomic E-state index is -0.264. The van der Waals surface area contributed by atoms with Crippen LogP contribution in [0, 0.1) is 6.92 Å². The van der Waals surface area contributed by atoms with Gasteiger partial charge >= 0.3 is 0 Å². The SMILES string of the molecule is Cc1ccccc1-c1nc(C(=O)Nc2ccc(Cl)nc2)cs1. The van der Waals surface area contributed by atoms with E-state index in [1.165, 1.54) is 17.5 Å². The maximum atomic E-state index is 12.2. The van der Waals surface area contributed by atoms with E-state index in [4.69, 9.17) is 11.6 Å². The molecule has 3 aromatic rings. The fourth-order valence-electron chi connectivity index (χ4n) is 1.96. The Bertz CT molecular complexity index is 814. The fraction of sp³-hybridized carbons (Fsp3) is 0.0625. The zero-order chi connectivity index (χ0) is 15.5. The summed E-state index contributed by atoms with van der Waals surface area (Å²) >= 11 is 7.17. The number of nitrogens with one attached hydrogen (secondary N) is 1. The molecule has 0 fully saturated rings. The summed E-state index contributed by atoms with van der Waals surface area (Å²) in [6.07, 6.45) is 1.51. The van der Waals surface area contributed by atoms with Gasteiger partial charge in [-0.05, 0) is 24.6 Å². The van der Waals surface area contributed by atoms with Gasteiger partial charge in [0.15, 0.2) is 0 Å². The number of hydrogen-bond acceptors (Lipinski definition) is 4. The number of pyridine rings is 1. The first-order valence-electron chi connectivity index (χ1n) is 6.58. The van der Waals surface area contributed by atoms with Crippen LogP contribution < -0.4 is 5.32 Å². The lowest BCUT2D eigenvalue weighted by atomic mass is 10.1. The molecule has 1 amide bonds. The molecule has 0 aliphatic carbocycles. The van der Waals surface area contributed by atoms with Crippen molar-refractivity contribution in [3.05, 3.63) is 64.4 Å². The third-order valence-corrected chi connectivity index (χ3v) is 4.20. The lowest BCUT2D eigenvalue weighted by molar-refractivity contribution is 0.102. The number of nitrogens with zero attached hydrogens (tertiary/aromatic N) is 2. The van der Waals surface area contributed by atoms with Crippen molar-refractivity contribution in [1.82, 2.24) is 9.97 Å². The minimum absolute atomic E-state index is 0.264. The van der Waals surface area contributed by atoms with Crippen molar-refractivity contribution in [3.8, 4) is 10.6 Å². The molecule has 6 heteroatoms. The first-order valence-corrected chi connectivity index (χ1v) is 7.83. The maximum absolute atomic E-state index is 12.2. The second-order valence-corrected chi connectivity index (χ2v) is 5.92. The van der Waals surface area contributed by atoms with Crippen LogP contribution in [0.3, 0.4) is 0 Å². The molecule has 1 N–H and O–H groups in total. The van der Waals surface area contributed by atoms with Crippen molar-refractivity contribution in [2.24, 2.45) is 0 Å². The number of carbonyl (C=O) groups excluding carboxylic acids is 1. The lowest BCUT2D eigenvalue weighted by Gasteiger charge is -2.02. The van der Waals surface area contributed by atoms with Crippen molar-refractivity contribution in [2.75, 3.05) is 5.32 Å². The second-order valence-electron chi connectivity index (χ2n) is 4.68. The van der Waals surface area contributed by atoms with Crippen LogP contribution >= 0.6 is 22.9 Å². The number of halogens is 1. The van der Waals surface area contributed by atoms with E-state index in [2.05, 4.69) is 15.3 Å². The van der Waals surface area contributed by atoms with Crippen LogP contribution in [0.15, 0.2) is 48.0 Å². The number of amides is 1. The molecule has 0 aliphatic rings. The van der Waals surface area contributed by atoms with Gasteiger partial charge in [0.2, 0.25) is 0 Å². The Kier molecular flexibility index (Phi) is 4.18. The number of carbonyl (C=O) groups is 1. The standard InChI is InChI=1S/C16H12ClN3OS/c1-10-4-2-3-5-12(10)16-20-13(9-22-16)15(21)19-11-6-7-14(17)18-8-11/h2-9H,1H3,(H,19,21). The molecule has 1 aromatic carbocycles. The summed E-state index contributed by atoms with van der Waals surface area (Å²) in [5.74, 6) is -0.264. The van der Waals surface area contributed by atoms with Crippen molar-refractivity contribution in [3.63, 3.8) is 0 Å². The van der Waals surface area contributed by atoms with Gasteiger partial charge in [-0.3, -0.25) is 4.79 Å². The predicted octanol–water partition coefficient (Wildman–Crippen LogP) is 4.42. The van der Waals surface area contributed by atoms with E-state index in [0.29, 0.717) is 16.5 Å². The quantitative estimate of drug-likeness (QED) is 0.724. The highest BCUT2D eigenvalue weighted by Crippen LogP contribution is 2.26. The number of aromatic nitrogens is 2. The van der Waals surface area contributed by atoms with Gasteiger partial charge in [-0.2, -0.15) is 0 Å². The van der Waals surface area contributed by atoms with Gasteiger partial charge in [-0.1, -0.05) is 35.9 Å². The largest absolute Gasteiger partial charge is 0.319 e. The Labute approximate surface area is 136 Å². The van der Waals surface area contributed by atoms with Gasteiger partial charge in [-0.15, -0.1) is 11.3 Å². The molecular formula is C16H12ClN3OS. The summed E-state index contributed by atoms with van der Waals surface area (Å²) in [5.41, 5.74) is 3.14. The van der Waals surface area contributed by atoms with Crippen molar-refractivity contribution in [2.45, 2.75) is 6.92 Å². The van der Waals surface area contributed by atoms with Gasteiger partial charge in [0.05, 0.1) is 11.9 Å². The Morgan fingerprint density at radius 2 is 2.05 bits per heavy atom. The molecule has 0 atom stereocenters. The average molecular weight is 330 g/mol. The van der Waals surface area contributed by atoms with Crippen LogP contribution in [0.4, 0.5) is 5.69 Å². The molecule has 2 aromatic heterocycles.